The number of carbonyl (C=O) groups excluding carboxylic acids is 1. The van der Waals surface area contributed by atoms with Gasteiger partial charge in [0.15, 0.2) is 0 Å². The molecule has 3 heteroatoms. The van der Waals surface area contributed by atoms with E-state index in [0.29, 0.717) is 0 Å². The summed E-state index contributed by atoms with van der Waals surface area (Å²) in [5.74, 6) is 0.807. The van der Waals surface area contributed by atoms with Crippen molar-refractivity contribution in [2.45, 2.75) is 24.4 Å². The molecule has 0 aliphatic carbocycles. The molecule has 0 N–H and O–H groups in total. The normalized spacial score (nSPS) is 26.5. The van der Waals surface area contributed by atoms with Gasteiger partial charge in [0.1, 0.15) is 17.6 Å². The molecule has 1 spiro atoms. The van der Waals surface area contributed by atoms with Crippen molar-refractivity contribution >= 4 is 6.29 Å². The molecule has 90 valence electrons. The lowest BCUT2D eigenvalue weighted by atomic mass is 9.78. The van der Waals surface area contributed by atoms with Gasteiger partial charge in [-0.2, -0.15) is 0 Å². The van der Waals surface area contributed by atoms with Crippen LogP contribution in [0, 0.1) is 0 Å². The number of aldehydes is 1. The summed E-state index contributed by atoms with van der Waals surface area (Å²) >= 11 is 0. The third-order valence-corrected chi connectivity index (χ3v) is 4.10. The number of rotatable bonds is 1. The second kappa shape index (κ2) is 3.84. The second-order valence-electron chi connectivity index (χ2n) is 5.12. The molecule has 17 heavy (non-hydrogen) atoms. The fourth-order valence-corrected chi connectivity index (χ4v) is 3.00. The highest BCUT2D eigenvalue weighted by atomic mass is 16.5. The van der Waals surface area contributed by atoms with Crippen molar-refractivity contribution in [1.29, 1.82) is 0 Å². The predicted octanol–water partition coefficient (Wildman–Crippen LogP) is 1.83. The number of hydrogen-bond acceptors (Lipinski definition) is 3. The lowest BCUT2D eigenvalue weighted by Crippen LogP contribution is -2.48. The van der Waals surface area contributed by atoms with Crippen LogP contribution in [0.5, 0.6) is 5.75 Å². The lowest BCUT2D eigenvalue weighted by molar-refractivity contribution is -0.114. The Kier molecular flexibility index (Phi) is 2.44. The average molecular weight is 231 g/mol. The van der Waals surface area contributed by atoms with Crippen LogP contribution in [-0.2, 0) is 4.79 Å². The Hall–Kier alpha value is -1.35. The average Bonchev–Trinajstić information content (AvgIpc) is 2.66. The second-order valence-corrected chi connectivity index (χ2v) is 5.12. The number of likely N-dealkylation sites (tertiary alicyclic amines) is 1. The number of ether oxygens (including phenoxy) is 1. The van der Waals surface area contributed by atoms with Crippen molar-refractivity contribution < 1.29 is 9.53 Å². The largest absolute Gasteiger partial charge is 0.486 e. The summed E-state index contributed by atoms with van der Waals surface area (Å²) in [4.78, 5) is 13.7. The topological polar surface area (TPSA) is 29.5 Å². The van der Waals surface area contributed by atoms with Crippen LogP contribution in [0.1, 0.15) is 24.3 Å². The predicted molar refractivity (Wildman–Crippen MR) is 65.3 cm³/mol. The minimum Gasteiger partial charge on any atom is -0.486 e. The van der Waals surface area contributed by atoms with Crippen molar-refractivity contribution in [2.24, 2.45) is 0 Å². The molecular weight excluding hydrogens is 214 g/mol. The van der Waals surface area contributed by atoms with E-state index >= 15 is 0 Å². The molecule has 3 rings (SSSR count). The van der Waals surface area contributed by atoms with Gasteiger partial charge in [-0.15, -0.1) is 0 Å². The Bertz CT molecular complexity index is 436. The van der Waals surface area contributed by atoms with Crippen molar-refractivity contribution in [3.63, 3.8) is 0 Å². The number of hydrogen-bond donors (Lipinski definition) is 0. The number of carbonyl (C=O) groups is 1. The maximum Gasteiger partial charge on any atom is 0.131 e. The van der Waals surface area contributed by atoms with Crippen LogP contribution in [-0.4, -0.2) is 36.9 Å². The van der Waals surface area contributed by atoms with E-state index in [4.69, 9.17) is 4.74 Å². The highest BCUT2D eigenvalue weighted by Gasteiger charge is 2.49. The summed E-state index contributed by atoms with van der Waals surface area (Å²) in [5, 5.41) is 0. The molecule has 0 bridgehead atoms. The van der Waals surface area contributed by atoms with Gasteiger partial charge in [0.25, 0.3) is 0 Å². The zero-order valence-corrected chi connectivity index (χ0v) is 10.1. The number of piperidine rings is 1. The maximum absolute atomic E-state index is 11.4. The van der Waals surface area contributed by atoms with Crippen LogP contribution in [0.15, 0.2) is 24.3 Å². The molecule has 1 aromatic rings. The van der Waals surface area contributed by atoms with Gasteiger partial charge < -0.3 is 14.4 Å². The van der Waals surface area contributed by atoms with Gasteiger partial charge in [-0.1, -0.05) is 18.2 Å². The first kappa shape index (κ1) is 10.8. The summed E-state index contributed by atoms with van der Waals surface area (Å²) < 4.78 is 6.13. The summed E-state index contributed by atoms with van der Waals surface area (Å²) in [6.07, 6.45) is 2.93. The van der Waals surface area contributed by atoms with Gasteiger partial charge in [0.05, 0.1) is 5.92 Å². The first-order valence-corrected chi connectivity index (χ1v) is 6.17. The van der Waals surface area contributed by atoms with E-state index in [1.807, 2.05) is 24.3 Å². The van der Waals surface area contributed by atoms with Crippen LogP contribution in [0.3, 0.4) is 0 Å². The van der Waals surface area contributed by atoms with Crippen molar-refractivity contribution in [1.82, 2.24) is 4.90 Å². The van der Waals surface area contributed by atoms with Gasteiger partial charge in [0, 0.05) is 31.5 Å². The van der Waals surface area contributed by atoms with Gasteiger partial charge in [-0.3, -0.25) is 0 Å². The quantitative estimate of drug-likeness (QED) is 0.691. The Morgan fingerprint density at radius 1 is 1.35 bits per heavy atom. The van der Waals surface area contributed by atoms with Gasteiger partial charge in [0.2, 0.25) is 0 Å². The third kappa shape index (κ3) is 1.57. The van der Waals surface area contributed by atoms with E-state index in [9.17, 15) is 4.79 Å². The molecule has 0 saturated carbocycles. The molecule has 1 aromatic carbocycles. The monoisotopic (exact) mass is 231 g/mol. The summed E-state index contributed by atoms with van der Waals surface area (Å²) in [6, 6.07) is 7.93. The number of fused-ring (bicyclic) bond motifs is 1. The van der Waals surface area contributed by atoms with Gasteiger partial charge >= 0.3 is 0 Å². The molecule has 2 aliphatic rings. The molecule has 3 nitrogen and oxygen atoms in total. The molecule has 1 saturated heterocycles. The Morgan fingerprint density at radius 3 is 2.76 bits per heavy atom. The van der Waals surface area contributed by atoms with Crippen molar-refractivity contribution in [3.8, 4) is 5.75 Å². The lowest BCUT2D eigenvalue weighted by Gasteiger charge is -2.39. The molecule has 2 heterocycles. The van der Waals surface area contributed by atoms with Crippen molar-refractivity contribution in [2.75, 3.05) is 20.1 Å². The fraction of sp³-hybridized carbons (Fsp3) is 0.500. The molecule has 2 aliphatic heterocycles. The molecule has 0 radical (unpaired) electrons. The minimum absolute atomic E-state index is 0.0904. The van der Waals surface area contributed by atoms with Crippen LogP contribution in [0.4, 0.5) is 0 Å². The van der Waals surface area contributed by atoms with Crippen LogP contribution in [0.25, 0.3) is 0 Å². The SMILES string of the molecule is CN1CCC2(CC1)Oc1ccccc1C2C=O. The first-order valence-electron chi connectivity index (χ1n) is 6.17. The summed E-state index contributed by atoms with van der Waals surface area (Å²) in [5.41, 5.74) is 0.782. The van der Waals surface area contributed by atoms with E-state index in [-0.39, 0.29) is 11.5 Å². The molecule has 0 aromatic heterocycles. The molecule has 1 fully saturated rings. The first-order chi connectivity index (χ1) is 8.25. The minimum atomic E-state index is -0.280. The summed E-state index contributed by atoms with van der Waals surface area (Å²) in [7, 11) is 2.12. The van der Waals surface area contributed by atoms with E-state index in [2.05, 4.69) is 11.9 Å². The zero-order chi connectivity index (χ0) is 11.9. The summed E-state index contributed by atoms with van der Waals surface area (Å²) in [6.45, 7) is 2.00. The Morgan fingerprint density at radius 2 is 2.06 bits per heavy atom. The zero-order valence-electron chi connectivity index (χ0n) is 10.1. The number of para-hydroxylation sites is 1. The van der Waals surface area contributed by atoms with E-state index < -0.39 is 0 Å². The Labute approximate surface area is 101 Å². The third-order valence-electron chi connectivity index (χ3n) is 4.10. The van der Waals surface area contributed by atoms with E-state index in [0.717, 1.165) is 43.5 Å². The van der Waals surface area contributed by atoms with Gasteiger partial charge in [-0.05, 0) is 13.1 Å². The van der Waals surface area contributed by atoms with E-state index in [1.54, 1.807) is 0 Å². The van der Waals surface area contributed by atoms with Gasteiger partial charge in [-0.25, -0.2) is 0 Å². The highest BCUT2D eigenvalue weighted by molar-refractivity contribution is 5.69. The molecule has 1 unspecified atom stereocenters. The standard InChI is InChI=1S/C14H17NO2/c1-15-8-6-14(7-9-15)12(10-16)11-4-2-3-5-13(11)17-14/h2-5,10,12H,6-9H2,1H3. The van der Waals surface area contributed by atoms with Crippen LogP contribution in [0.2, 0.25) is 0 Å². The molecule has 0 amide bonds. The number of benzene rings is 1. The molecular formula is C14H17NO2. The van der Waals surface area contributed by atoms with Crippen LogP contribution < -0.4 is 4.74 Å². The fourth-order valence-electron chi connectivity index (χ4n) is 3.00. The highest BCUT2D eigenvalue weighted by Crippen LogP contribution is 2.48. The smallest absolute Gasteiger partial charge is 0.131 e. The maximum atomic E-state index is 11.4. The Balaban J connectivity index is 1.96. The van der Waals surface area contributed by atoms with Crippen LogP contribution >= 0.6 is 0 Å². The molecule has 1 atom stereocenters. The number of nitrogens with zero attached hydrogens (tertiary/aromatic N) is 1. The van der Waals surface area contributed by atoms with Crippen molar-refractivity contribution in [3.05, 3.63) is 29.8 Å². The van der Waals surface area contributed by atoms with E-state index in [1.165, 1.54) is 0 Å².